The molecule has 0 bridgehead atoms. The summed E-state index contributed by atoms with van der Waals surface area (Å²) in [6.07, 6.45) is 6.52. The second-order valence-corrected chi connectivity index (χ2v) is 12.0. The van der Waals surface area contributed by atoms with Crippen LogP contribution in [0.15, 0.2) is 0 Å². The monoisotopic (exact) mass is 389 g/mol. The van der Waals surface area contributed by atoms with E-state index in [1.54, 1.807) is 0 Å². The third-order valence-electron chi connectivity index (χ3n) is 8.95. The maximum Gasteiger partial charge on any atom is 0.310 e. The van der Waals surface area contributed by atoms with Gasteiger partial charge >= 0.3 is 5.97 Å². The fraction of sp³-hybridized carbons (Fsp3) is 0.958. The molecule has 3 saturated heterocycles. The Kier molecular flexibility index (Phi) is 4.45. The van der Waals surface area contributed by atoms with Gasteiger partial charge in [-0.3, -0.25) is 4.79 Å². The summed E-state index contributed by atoms with van der Waals surface area (Å²) in [4.78, 5) is 15.6. The lowest BCUT2D eigenvalue weighted by Crippen LogP contribution is -2.49. The number of ether oxygens (including phenoxy) is 2. The Balaban J connectivity index is 1.34. The Labute approximate surface area is 170 Å². The molecule has 5 aliphatic rings. The molecule has 5 fully saturated rings. The van der Waals surface area contributed by atoms with Crippen LogP contribution >= 0.6 is 0 Å². The molecule has 3 heterocycles. The van der Waals surface area contributed by atoms with Gasteiger partial charge in [0.2, 0.25) is 0 Å². The predicted molar refractivity (Wildman–Crippen MR) is 109 cm³/mol. The number of hydrogen-bond acceptors (Lipinski definition) is 4. The molecule has 0 aromatic carbocycles. The van der Waals surface area contributed by atoms with E-state index >= 15 is 0 Å². The third-order valence-corrected chi connectivity index (χ3v) is 8.95. The zero-order valence-electron chi connectivity index (χ0n) is 18.4. The lowest BCUT2D eigenvalue weighted by atomic mass is 9.58. The second-order valence-electron chi connectivity index (χ2n) is 12.0. The summed E-state index contributed by atoms with van der Waals surface area (Å²) in [5, 5.41) is 0. The number of carbonyl (C=O) groups is 1. The van der Waals surface area contributed by atoms with Gasteiger partial charge < -0.3 is 14.4 Å². The molecule has 158 valence electrons. The van der Waals surface area contributed by atoms with E-state index in [9.17, 15) is 4.79 Å². The molecule has 0 N–H and O–H groups in total. The van der Waals surface area contributed by atoms with Crippen molar-refractivity contribution in [2.24, 2.45) is 40.9 Å². The third kappa shape index (κ3) is 3.14. The molecule has 9 atom stereocenters. The van der Waals surface area contributed by atoms with Crippen LogP contribution < -0.4 is 0 Å². The van der Waals surface area contributed by atoms with Crippen molar-refractivity contribution in [3.8, 4) is 0 Å². The Morgan fingerprint density at radius 2 is 1.93 bits per heavy atom. The molecule has 2 aliphatic carbocycles. The summed E-state index contributed by atoms with van der Waals surface area (Å²) >= 11 is 0. The van der Waals surface area contributed by atoms with Crippen molar-refractivity contribution < 1.29 is 14.3 Å². The van der Waals surface area contributed by atoms with Crippen molar-refractivity contribution in [1.82, 2.24) is 4.90 Å². The maximum atomic E-state index is 13.0. The number of likely N-dealkylation sites (tertiary alicyclic amines) is 1. The molecule has 5 rings (SSSR count). The van der Waals surface area contributed by atoms with E-state index in [1.807, 2.05) is 0 Å². The highest BCUT2D eigenvalue weighted by atomic mass is 16.6. The van der Waals surface area contributed by atoms with Crippen molar-refractivity contribution in [2.75, 3.05) is 19.6 Å². The van der Waals surface area contributed by atoms with E-state index in [0.717, 1.165) is 32.0 Å². The van der Waals surface area contributed by atoms with E-state index in [1.165, 1.54) is 25.7 Å². The fourth-order valence-corrected chi connectivity index (χ4v) is 7.71. The van der Waals surface area contributed by atoms with Crippen molar-refractivity contribution >= 4 is 5.97 Å². The summed E-state index contributed by atoms with van der Waals surface area (Å²) < 4.78 is 12.3. The molecule has 4 heteroatoms. The van der Waals surface area contributed by atoms with Crippen LogP contribution in [-0.4, -0.2) is 48.3 Å². The van der Waals surface area contributed by atoms with Crippen LogP contribution in [0.4, 0.5) is 0 Å². The van der Waals surface area contributed by atoms with Gasteiger partial charge in [0.05, 0.1) is 17.6 Å². The van der Waals surface area contributed by atoms with Crippen LogP contribution in [0.2, 0.25) is 0 Å². The summed E-state index contributed by atoms with van der Waals surface area (Å²) in [6.45, 7) is 14.9. The molecule has 0 unspecified atom stereocenters. The van der Waals surface area contributed by atoms with Gasteiger partial charge in [0.1, 0.15) is 6.10 Å². The van der Waals surface area contributed by atoms with Gasteiger partial charge in [0.15, 0.2) is 0 Å². The Bertz CT molecular complexity index is 648. The summed E-state index contributed by atoms with van der Waals surface area (Å²) in [5.41, 5.74) is 0.397. The molecular weight excluding hydrogens is 350 g/mol. The normalized spacial score (nSPS) is 52.8. The number of carbonyl (C=O) groups excluding carboxylic acids is 1. The molecule has 3 aliphatic heterocycles. The van der Waals surface area contributed by atoms with Crippen LogP contribution in [-0.2, 0) is 14.3 Å². The summed E-state index contributed by atoms with van der Waals surface area (Å²) in [5.74, 6) is 3.08. The molecule has 28 heavy (non-hydrogen) atoms. The van der Waals surface area contributed by atoms with Gasteiger partial charge in [-0.1, -0.05) is 27.7 Å². The van der Waals surface area contributed by atoms with Crippen LogP contribution in [0, 0.1) is 40.9 Å². The number of hydrogen-bond donors (Lipinski definition) is 0. The number of esters is 1. The standard InChI is InChI=1S/C24H39NO3/c1-14-7-9-25(13-23(3,4)11-14)12-18-17-10-15(2)16-6-8-24(5)21(28-24)19(16)20(17)27-22(18)26/h14-21H,6-13H2,1-5H3/t14-,15-,16+,17+,18+,19-,20+,21+,24-/m1/s1. The van der Waals surface area contributed by atoms with Gasteiger partial charge in [-0.15, -0.1) is 0 Å². The first-order chi connectivity index (χ1) is 13.2. The van der Waals surface area contributed by atoms with Gasteiger partial charge in [0, 0.05) is 24.9 Å². The lowest BCUT2D eigenvalue weighted by Gasteiger charge is -2.45. The van der Waals surface area contributed by atoms with E-state index in [0.29, 0.717) is 35.2 Å². The minimum absolute atomic E-state index is 0.0598. The molecule has 0 spiro atoms. The van der Waals surface area contributed by atoms with Crippen molar-refractivity contribution in [3.05, 3.63) is 0 Å². The number of epoxide rings is 1. The molecule has 4 nitrogen and oxygen atoms in total. The van der Waals surface area contributed by atoms with Gasteiger partial charge in [0.25, 0.3) is 0 Å². The Morgan fingerprint density at radius 3 is 2.71 bits per heavy atom. The van der Waals surface area contributed by atoms with E-state index < -0.39 is 0 Å². The average Bonchev–Trinajstić information content (AvgIpc) is 3.23. The Morgan fingerprint density at radius 1 is 1.14 bits per heavy atom. The van der Waals surface area contributed by atoms with Crippen LogP contribution in [0.1, 0.15) is 66.7 Å². The first-order valence-corrected chi connectivity index (χ1v) is 11.8. The topological polar surface area (TPSA) is 42.1 Å². The molecule has 0 aromatic heterocycles. The SMILES string of the molecule is C[C@@H]1CCN(C[C@@H]2C(=O)O[C@H]3[C@H]2C[C@@H](C)[C@@H]2CC[C@@]4(C)O[C@H]4[C@H]23)CC(C)(C)C1. The molecular formula is C24H39NO3. The minimum atomic E-state index is 0.0598. The largest absolute Gasteiger partial charge is 0.461 e. The van der Waals surface area contributed by atoms with Crippen LogP contribution in [0.5, 0.6) is 0 Å². The molecule has 2 saturated carbocycles. The molecule has 0 radical (unpaired) electrons. The highest BCUT2D eigenvalue weighted by Gasteiger charge is 2.67. The second kappa shape index (κ2) is 6.44. The zero-order chi connectivity index (χ0) is 19.8. The van der Waals surface area contributed by atoms with Crippen LogP contribution in [0.3, 0.4) is 0 Å². The highest BCUT2D eigenvalue weighted by Crippen LogP contribution is 2.61. The molecule has 0 aromatic rings. The Hall–Kier alpha value is -0.610. The first-order valence-electron chi connectivity index (χ1n) is 11.8. The van der Waals surface area contributed by atoms with Crippen molar-refractivity contribution in [2.45, 2.75) is 84.5 Å². The summed E-state index contributed by atoms with van der Waals surface area (Å²) in [6, 6.07) is 0. The van der Waals surface area contributed by atoms with Gasteiger partial charge in [-0.25, -0.2) is 0 Å². The average molecular weight is 390 g/mol. The van der Waals surface area contributed by atoms with Crippen LogP contribution in [0.25, 0.3) is 0 Å². The first kappa shape index (κ1) is 19.4. The smallest absolute Gasteiger partial charge is 0.310 e. The van der Waals surface area contributed by atoms with Crippen molar-refractivity contribution in [1.29, 1.82) is 0 Å². The van der Waals surface area contributed by atoms with E-state index in [2.05, 4.69) is 39.5 Å². The lowest BCUT2D eigenvalue weighted by molar-refractivity contribution is -0.149. The minimum Gasteiger partial charge on any atom is -0.461 e. The van der Waals surface area contributed by atoms with Gasteiger partial charge in [-0.2, -0.15) is 0 Å². The van der Waals surface area contributed by atoms with Gasteiger partial charge in [-0.05, 0) is 68.7 Å². The quantitative estimate of drug-likeness (QED) is 0.526. The predicted octanol–water partition coefficient (Wildman–Crippen LogP) is 4.13. The number of rotatable bonds is 2. The number of nitrogens with zero attached hydrogens (tertiary/aromatic N) is 1. The fourth-order valence-electron chi connectivity index (χ4n) is 7.71. The zero-order valence-corrected chi connectivity index (χ0v) is 18.4. The molecule has 0 amide bonds. The maximum absolute atomic E-state index is 13.0. The number of fused-ring (bicyclic) bond motifs is 5. The highest BCUT2D eigenvalue weighted by molar-refractivity contribution is 5.75. The van der Waals surface area contributed by atoms with E-state index in [4.69, 9.17) is 9.47 Å². The summed E-state index contributed by atoms with van der Waals surface area (Å²) in [7, 11) is 0. The van der Waals surface area contributed by atoms with E-state index in [-0.39, 0.29) is 23.6 Å². The van der Waals surface area contributed by atoms with Crippen molar-refractivity contribution in [3.63, 3.8) is 0 Å².